The van der Waals surface area contributed by atoms with Gasteiger partial charge in [-0.3, -0.25) is 33.9 Å². The molecule has 4 heterocycles. The zero-order valence-electron chi connectivity index (χ0n) is 69.3. The van der Waals surface area contributed by atoms with Crippen LogP contribution in [0.3, 0.4) is 0 Å². The van der Waals surface area contributed by atoms with E-state index < -0.39 is 5.97 Å². The smallest absolute Gasteiger partial charge is 0.354 e. The molecule has 618 valence electrons. The fourth-order valence-corrected chi connectivity index (χ4v) is 21.6. The second-order valence-corrected chi connectivity index (χ2v) is 38.0. The standard InChI is InChI=1S/C30H36ClN3O2.C29H33BrClN3O.C22H28ClN3O2.C12H11ClN2O3/c1-19-6-8-20(9-7-19)17-34-26(21-10-12-23(31)13-11-21)24(18-36-5)25(33-34)27(35)32-28-29(2,3)22-14-15-30(28,4)16-22;1-18-5-7-19(8-6-18)17-34-25(20-9-11-22(31)12-10-20)23(16-30)24(33-34)26(35)32-27-28(2,3)21-13-14-29(27,4)15-21;1-21(2)14-9-10-22(3,11-14)20(21)24-19(27)18-16(12-28-4)17(25-26-18)13-5-7-15(23)8-6-13;1-18-6-9-10(14-15-11(9)12(16)17)7-2-4-8(13)5-3-7/h6-13,22,28H,14-18H2,1-5H3,(H,32,35);5-12,21,27H,13-17H2,1-4H3,(H,32,35);5-8,14,20H,9-12H2,1-4H3,(H,24,27)(H,25,26);2-5H,6H2,1H3,(H,14,15)(H,16,17). The minimum absolute atomic E-state index is 0.0433. The first kappa shape index (κ1) is 86.4. The van der Waals surface area contributed by atoms with Crippen molar-refractivity contribution in [2.24, 2.45) is 50.2 Å². The van der Waals surface area contributed by atoms with Gasteiger partial charge in [-0.1, -0.05) is 233 Å². The first-order valence-corrected chi connectivity index (χ1v) is 42.9. The number of nitrogens with one attached hydrogen (secondary N) is 5. The number of hydrogen-bond donors (Lipinski definition) is 6. The Bertz CT molecular complexity index is 5220. The first-order valence-electron chi connectivity index (χ1n) is 40.3. The highest BCUT2D eigenvalue weighted by Crippen LogP contribution is 2.65. The van der Waals surface area contributed by atoms with Gasteiger partial charge in [0, 0.05) is 109 Å². The van der Waals surface area contributed by atoms with Crippen molar-refractivity contribution < 1.29 is 38.5 Å². The van der Waals surface area contributed by atoms with E-state index in [0.29, 0.717) is 97.8 Å². The van der Waals surface area contributed by atoms with Crippen LogP contribution in [0.15, 0.2) is 146 Å². The van der Waals surface area contributed by atoms with Crippen molar-refractivity contribution in [3.05, 3.63) is 233 Å². The summed E-state index contributed by atoms with van der Waals surface area (Å²) in [6, 6.07) is 47.2. The molecule has 24 heteroatoms. The normalized spacial score (nSPS) is 23.1. The number of aromatic nitrogens is 8. The lowest BCUT2D eigenvalue weighted by atomic mass is 9.68. The number of carboxylic acid groups (broad SMARTS) is 1. The summed E-state index contributed by atoms with van der Waals surface area (Å²) < 4.78 is 19.9. The Kier molecular flexibility index (Phi) is 25.9. The lowest BCUT2D eigenvalue weighted by molar-refractivity contribution is 0.0683. The van der Waals surface area contributed by atoms with Crippen molar-refractivity contribution in [2.75, 3.05) is 21.3 Å². The van der Waals surface area contributed by atoms with Crippen LogP contribution in [-0.4, -0.2) is 108 Å². The minimum Gasteiger partial charge on any atom is -0.477 e. The largest absolute Gasteiger partial charge is 0.477 e. The lowest BCUT2D eigenvalue weighted by Crippen LogP contribution is -2.52. The summed E-state index contributed by atoms with van der Waals surface area (Å²) in [7, 11) is 4.79. The van der Waals surface area contributed by atoms with Crippen molar-refractivity contribution in [2.45, 2.75) is 190 Å². The van der Waals surface area contributed by atoms with Crippen LogP contribution in [0.25, 0.3) is 45.0 Å². The van der Waals surface area contributed by atoms with Gasteiger partial charge in [0.2, 0.25) is 0 Å². The van der Waals surface area contributed by atoms with E-state index in [1.807, 2.05) is 82.2 Å². The van der Waals surface area contributed by atoms with Crippen LogP contribution in [-0.2, 0) is 52.5 Å². The maximum absolute atomic E-state index is 13.9. The molecule has 9 atom stereocenters. The number of fused-ring (bicyclic) bond motifs is 6. The summed E-state index contributed by atoms with van der Waals surface area (Å²) in [5.41, 5.74) is 16.6. The predicted octanol–water partition coefficient (Wildman–Crippen LogP) is 21.4. The number of H-pyrrole nitrogens is 2. The highest BCUT2D eigenvalue weighted by molar-refractivity contribution is 9.08. The van der Waals surface area contributed by atoms with Gasteiger partial charge in [0.25, 0.3) is 17.7 Å². The number of halogens is 5. The van der Waals surface area contributed by atoms with E-state index in [-0.39, 0.29) is 80.6 Å². The third-order valence-electron chi connectivity index (χ3n) is 26.7. The van der Waals surface area contributed by atoms with E-state index in [4.69, 9.17) is 75.9 Å². The monoisotopic (exact) mass is 1730 g/mol. The molecule has 117 heavy (non-hydrogen) atoms. The zero-order valence-corrected chi connectivity index (χ0v) is 73.9. The summed E-state index contributed by atoms with van der Waals surface area (Å²) in [5.74, 6) is 0.622. The van der Waals surface area contributed by atoms with Crippen molar-refractivity contribution in [3.63, 3.8) is 0 Å². The number of aromatic amines is 2. The fourth-order valence-electron chi connectivity index (χ4n) is 20.5. The van der Waals surface area contributed by atoms with Crippen molar-refractivity contribution in [3.8, 4) is 45.0 Å². The summed E-state index contributed by atoms with van der Waals surface area (Å²) in [6.07, 6.45) is 10.8. The van der Waals surface area contributed by atoms with Gasteiger partial charge in [-0.25, -0.2) is 4.79 Å². The SMILES string of the molecule is COCc1c(-c2ccc(Cl)cc2)n[nH]c1C(=O)NC1C2(C)CCC(C2)C1(C)C.COCc1c(-c2ccc(Cl)cc2)n[nH]c1C(=O)O.COCc1c(C(=O)NC2C3(C)CCC(C3)C2(C)C)nn(Cc2ccc(C)cc2)c1-c1ccc(Cl)cc1.Cc1ccc(Cn2nc(C(=O)NC3C4(C)CCC(C4)C3(C)C)c(CBr)c2-c2ccc(Cl)cc2)cc1. The van der Waals surface area contributed by atoms with Crippen molar-refractivity contribution >= 4 is 86.0 Å². The number of hydrogen-bond acceptors (Lipinski definition) is 11. The Morgan fingerprint density at radius 2 is 0.752 bits per heavy atom. The van der Waals surface area contributed by atoms with Crippen LogP contribution < -0.4 is 16.0 Å². The minimum atomic E-state index is -1.06. The quantitative estimate of drug-likeness (QED) is 0.0347. The van der Waals surface area contributed by atoms with Gasteiger partial charge in [-0.2, -0.15) is 20.4 Å². The number of carbonyl (C=O) groups is 4. The molecular weight excluding hydrogens is 1620 g/mol. The fraction of sp³-hybridized carbons (Fsp3) is 0.441. The Hall–Kier alpha value is -8.44. The van der Waals surface area contributed by atoms with Crippen LogP contribution in [0.1, 0.15) is 207 Å². The van der Waals surface area contributed by atoms with Crippen molar-refractivity contribution in [1.29, 1.82) is 0 Å². The Morgan fingerprint density at radius 3 is 1.08 bits per heavy atom. The molecule has 6 aliphatic rings. The van der Waals surface area contributed by atoms with Gasteiger partial charge in [-0.05, 0) is 182 Å². The summed E-state index contributed by atoms with van der Waals surface area (Å²) in [6.45, 7) is 26.9. The third kappa shape index (κ3) is 17.8. The number of ether oxygens (including phenoxy) is 3. The Balaban J connectivity index is 0.000000139. The van der Waals surface area contributed by atoms with E-state index in [9.17, 15) is 19.2 Å². The molecule has 0 spiro atoms. The van der Waals surface area contributed by atoms with Gasteiger partial charge in [0.15, 0.2) is 11.4 Å². The molecule has 19 nitrogen and oxygen atoms in total. The Morgan fingerprint density at radius 1 is 0.444 bits per heavy atom. The number of alkyl halides is 1. The topological polar surface area (TPSA) is 245 Å². The molecular formula is C93H108BrCl4N11O8. The second-order valence-electron chi connectivity index (χ2n) is 35.7. The molecule has 6 saturated carbocycles. The number of aryl methyl sites for hydroxylation is 2. The van der Waals surface area contributed by atoms with Crippen LogP contribution in [0, 0.1) is 64.1 Å². The number of amides is 3. The van der Waals surface area contributed by atoms with E-state index in [1.165, 1.54) is 69.6 Å². The number of rotatable bonds is 22. The molecule has 9 unspecified atom stereocenters. The number of nitrogens with zero attached hydrogens (tertiary/aromatic N) is 6. The summed E-state index contributed by atoms with van der Waals surface area (Å²) in [4.78, 5) is 52.0. The summed E-state index contributed by atoms with van der Waals surface area (Å²) in [5, 5.41) is 46.2. The average molecular weight is 1730 g/mol. The molecule has 6 bridgehead atoms. The number of carbonyl (C=O) groups excluding carboxylic acids is 3. The molecule has 6 N–H and O–H groups in total. The van der Waals surface area contributed by atoms with Crippen LogP contribution >= 0.6 is 62.3 Å². The molecule has 10 aromatic rings. The van der Waals surface area contributed by atoms with Gasteiger partial charge in [-0.15, -0.1) is 0 Å². The van der Waals surface area contributed by atoms with Crippen LogP contribution in [0.2, 0.25) is 20.1 Å². The van der Waals surface area contributed by atoms with E-state index >= 15 is 0 Å². The number of carboxylic acids is 1. The summed E-state index contributed by atoms with van der Waals surface area (Å²) >= 11 is 27.9. The van der Waals surface area contributed by atoms with Gasteiger partial charge in [0.1, 0.15) is 11.4 Å². The maximum atomic E-state index is 13.9. The zero-order chi connectivity index (χ0) is 83.8. The van der Waals surface area contributed by atoms with Gasteiger partial charge in [0.05, 0.1) is 55.7 Å². The van der Waals surface area contributed by atoms with Crippen LogP contribution in [0.4, 0.5) is 0 Å². The van der Waals surface area contributed by atoms with Gasteiger partial charge < -0.3 is 35.3 Å². The number of benzene rings is 6. The molecule has 0 radical (unpaired) electrons. The highest BCUT2D eigenvalue weighted by atomic mass is 79.9. The molecule has 4 aromatic heterocycles. The highest BCUT2D eigenvalue weighted by Gasteiger charge is 2.62. The predicted molar refractivity (Wildman–Crippen MR) is 467 cm³/mol. The molecule has 0 saturated heterocycles. The Labute approximate surface area is 715 Å². The van der Waals surface area contributed by atoms with E-state index in [2.05, 4.69) is 177 Å². The van der Waals surface area contributed by atoms with E-state index in [0.717, 1.165) is 73.6 Å². The lowest BCUT2D eigenvalue weighted by Gasteiger charge is -2.43. The van der Waals surface area contributed by atoms with E-state index in [1.54, 1.807) is 38.5 Å². The molecule has 0 aliphatic heterocycles. The van der Waals surface area contributed by atoms with Gasteiger partial charge >= 0.3 is 5.97 Å². The van der Waals surface area contributed by atoms with Crippen molar-refractivity contribution in [1.82, 2.24) is 55.9 Å². The molecule has 16 rings (SSSR count). The molecule has 6 fully saturated rings. The molecule has 6 aliphatic carbocycles. The third-order valence-corrected chi connectivity index (χ3v) is 28.3. The number of methoxy groups -OCH3 is 3. The van der Waals surface area contributed by atoms with Crippen LogP contribution in [0.5, 0.6) is 0 Å². The first-order chi connectivity index (χ1) is 55.6. The molecule has 3 amide bonds. The average Bonchev–Trinajstić information content (AvgIpc) is 1.58. The second kappa shape index (κ2) is 35.1. The maximum Gasteiger partial charge on any atom is 0.354 e. The number of aromatic carboxylic acids is 1. The molecule has 6 aromatic carbocycles.